The molecular weight excluding hydrogens is 367 g/mol. The maximum Gasteiger partial charge on any atom is -1.00 e. The van der Waals surface area contributed by atoms with Crippen LogP contribution < -0.4 is 24.8 Å². The molecule has 0 N–H and O–H groups in total. The number of rotatable bonds is 3. The van der Waals surface area contributed by atoms with Crippen LogP contribution in [0.2, 0.25) is 0 Å². The Morgan fingerprint density at radius 3 is 2.32 bits per heavy atom. The smallest absolute Gasteiger partial charge is 1.00 e. The van der Waals surface area contributed by atoms with Crippen molar-refractivity contribution in [1.82, 2.24) is 0 Å². The van der Waals surface area contributed by atoms with Gasteiger partial charge in [0.1, 0.15) is 0 Å². The van der Waals surface area contributed by atoms with Crippen molar-refractivity contribution in [1.29, 1.82) is 0 Å². The molecule has 0 heterocycles. The summed E-state index contributed by atoms with van der Waals surface area (Å²) in [7, 11) is 0. The van der Waals surface area contributed by atoms with Gasteiger partial charge in [0.15, 0.2) is 0 Å². The van der Waals surface area contributed by atoms with E-state index in [-0.39, 0.29) is 34.3 Å². The molecule has 121 valence electrons. The molecule has 1 atom stereocenters. The first-order chi connectivity index (χ1) is 9.22. The fraction of sp³-hybridized carbons (Fsp3) is 0.556. The van der Waals surface area contributed by atoms with E-state index in [1.165, 1.54) is 17.6 Å². The van der Waals surface area contributed by atoms with Crippen LogP contribution in [0.5, 0.6) is 0 Å². The maximum atomic E-state index is 2.42. The molecule has 2 aliphatic rings. The van der Waals surface area contributed by atoms with Gasteiger partial charge in [0.25, 0.3) is 0 Å². The fourth-order valence-corrected chi connectivity index (χ4v) is 5.24. The van der Waals surface area contributed by atoms with Gasteiger partial charge in [-0.15, -0.1) is 0 Å². The van der Waals surface area contributed by atoms with Crippen LogP contribution in [0.4, 0.5) is 0 Å². The van der Waals surface area contributed by atoms with Gasteiger partial charge in [-0.1, -0.05) is 0 Å². The van der Waals surface area contributed by atoms with Crippen molar-refractivity contribution in [2.45, 2.75) is 63.4 Å². The quantitative estimate of drug-likeness (QED) is 0.596. The van der Waals surface area contributed by atoms with Crippen LogP contribution in [-0.4, -0.2) is 9.49 Å². The zero-order valence-corrected chi connectivity index (χ0v) is 18.0. The fourth-order valence-electron chi connectivity index (χ4n) is 3.00. The van der Waals surface area contributed by atoms with E-state index < -0.39 is 0 Å². The van der Waals surface area contributed by atoms with Gasteiger partial charge in [-0.25, -0.2) is 0 Å². The van der Waals surface area contributed by atoms with Crippen LogP contribution in [0.3, 0.4) is 0 Å². The Labute approximate surface area is 164 Å². The van der Waals surface area contributed by atoms with Crippen LogP contribution in [-0.2, 0) is 20.4 Å². The van der Waals surface area contributed by atoms with Crippen LogP contribution >= 0.6 is 11.8 Å². The van der Waals surface area contributed by atoms with Crippen LogP contribution in [0.15, 0.2) is 44.9 Å². The van der Waals surface area contributed by atoms with E-state index >= 15 is 0 Å². The Balaban J connectivity index is 0.00000220. The molecule has 0 amide bonds. The minimum atomic E-state index is 0. The van der Waals surface area contributed by atoms with Gasteiger partial charge >= 0.3 is 140 Å². The van der Waals surface area contributed by atoms with Gasteiger partial charge < -0.3 is 24.8 Å². The summed E-state index contributed by atoms with van der Waals surface area (Å²) in [6.07, 6.45) is 12.9. The molecule has 0 radical (unpaired) electrons. The van der Waals surface area contributed by atoms with Gasteiger partial charge in [-0.05, 0) is 0 Å². The van der Waals surface area contributed by atoms with Gasteiger partial charge in [-0.3, -0.25) is 0 Å². The number of thioether (sulfide) groups is 1. The first-order valence-electron chi connectivity index (χ1n) is 7.38. The summed E-state index contributed by atoms with van der Waals surface area (Å²) in [5, 5.41) is 0. The largest absolute Gasteiger partial charge is 1.00 e. The topological polar surface area (TPSA) is 0 Å². The van der Waals surface area contributed by atoms with Crippen LogP contribution in [0, 0.1) is 0 Å². The summed E-state index contributed by atoms with van der Waals surface area (Å²) < 4.78 is 2.08. The van der Waals surface area contributed by atoms with Crippen molar-refractivity contribution >= 4 is 11.8 Å². The monoisotopic (exact) mass is 391 g/mol. The molecule has 0 nitrogen and oxygen atoms in total. The summed E-state index contributed by atoms with van der Waals surface area (Å²) in [4.78, 5) is 0. The first-order valence-corrected chi connectivity index (χ1v) is 8.97. The number of hydrogen-bond acceptors (Lipinski definition) is 1. The maximum absolute atomic E-state index is 2.42. The average molecular weight is 392 g/mol. The molecule has 2 rings (SSSR count). The molecule has 0 aliphatic heterocycles. The molecule has 0 saturated carbocycles. The summed E-state index contributed by atoms with van der Waals surface area (Å²) in [6, 6.07) is 0. The van der Waals surface area contributed by atoms with E-state index in [1.807, 2.05) is 0 Å². The van der Waals surface area contributed by atoms with E-state index in [0.29, 0.717) is 0 Å². The number of allylic oxidation sites excluding steroid dienone is 7. The summed E-state index contributed by atoms with van der Waals surface area (Å²) in [5.74, 6) is 0. The first kappa shape index (κ1) is 22.6. The Hall–Kier alpha value is 0.604. The van der Waals surface area contributed by atoms with Crippen molar-refractivity contribution in [3.63, 3.8) is 0 Å². The molecular formula is C18H25Cl2STi. The second kappa shape index (κ2) is 8.63. The molecule has 0 spiro atoms. The molecule has 0 aromatic carbocycles. The third kappa shape index (κ3) is 5.60. The molecule has 22 heavy (non-hydrogen) atoms. The summed E-state index contributed by atoms with van der Waals surface area (Å²) >= 11 is 4.43. The molecule has 0 aromatic heterocycles. The van der Waals surface area contributed by atoms with E-state index in [4.69, 9.17) is 0 Å². The van der Waals surface area contributed by atoms with Crippen LogP contribution in [0.1, 0.15) is 53.9 Å². The SMILES string of the molecule is CC1=CCC(CC2=[C]([Ti+2])CC=C2)(SC(C)(C)C)C(C)=C1.[Cl-].[Cl-]. The van der Waals surface area contributed by atoms with Gasteiger partial charge in [0.2, 0.25) is 0 Å². The van der Waals surface area contributed by atoms with Crippen molar-refractivity contribution < 1.29 is 45.2 Å². The molecule has 0 saturated heterocycles. The van der Waals surface area contributed by atoms with Gasteiger partial charge in [-0.2, -0.15) is 0 Å². The van der Waals surface area contributed by atoms with Crippen LogP contribution in [0.25, 0.3) is 0 Å². The van der Waals surface area contributed by atoms with E-state index in [2.05, 4.69) is 91.1 Å². The predicted molar refractivity (Wildman–Crippen MR) is 87.6 cm³/mol. The molecule has 0 aromatic rings. The zero-order chi connectivity index (χ0) is 15.0. The number of hydrogen-bond donors (Lipinski definition) is 0. The molecule has 0 bridgehead atoms. The minimum absolute atomic E-state index is 0. The third-order valence-corrected chi connectivity index (χ3v) is 6.38. The minimum Gasteiger partial charge on any atom is -1.00 e. The second-order valence-electron chi connectivity index (χ2n) is 6.98. The predicted octanol–water partition coefficient (Wildman–Crippen LogP) is -0.288. The van der Waals surface area contributed by atoms with Crippen molar-refractivity contribution in [3.05, 3.63) is 44.9 Å². The van der Waals surface area contributed by atoms with Crippen molar-refractivity contribution in [2.24, 2.45) is 0 Å². The Bertz CT molecular complexity index is 524. The molecule has 4 heteroatoms. The van der Waals surface area contributed by atoms with E-state index in [9.17, 15) is 0 Å². The molecule has 2 aliphatic carbocycles. The summed E-state index contributed by atoms with van der Waals surface area (Å²) in [5.41, 5.74) is 4.51. The third-order valence-electron chi connectivity index (χ3n) is 3.92. The second-order valence-corrected chi connectivity index (χ2v) is 10.1. The molecule has 1 unspecified atom stereocenters. The molecule has 0 fully saturated rings. The summed E-state index contributed by atoms with van der Waals surface area (Å²) in [6.45, 7) is 11.6. The zero-order valence-electron chi connectivity index (χ0n) is 14.1. The number of halogens is 2. The van der Waals surface area contributed by atoms with Crippen molar-refractivity contribution in [3.8, 4) is 0 Å². The normalized spacial score (nSPS) is 24.5. The van der Waals surface area contributed by atoms with E-state index in [1.54, 1.807) is 9.45 Å². The Morgan fingerprint density at radius 2 is 1.86 bits per heavy atom. The van der Waals surface area contributed by atoms with Crippen molar-refractivity contribution in [2.75, 3.05) is 0 Å². The van der Waals surface area contributed by atoms with Gasteiger partial charge in [0, 0.05) is 0 Å². The average Bonchev–Trinajstić information content (AvgIpc) is 2.68. The standard InChI is InChI=1S/C18H25S.2ClH.Ti/c1-14-10-11-18(15(2)12-14,19-17(3,4)5)13-16-8-6-7-9-16;;;/h6,8,10,12H,7,11,13H2,1-5H3;2*1H;/q;;;+2/p-2. The van der Waals surface area contributed by atoms with Gasteiger partial charge in [0.05, 0.1) is 0 Å². The Morgan fingerprint density at radius 1 is 1.23 bits per heavy atom. The van der Waals surface area contributed by atoms with E-state index in [0.717, 1.165) is 12.8 Å². The Kier molecular flexibility index (Phi) is 8.86.